The Labute approximate surface area is 104 Å². The van der Waals surface area contributed by atoms with Crippen LogP contribution in [0.2, 0.25) is 0 Å². The van der Waals surface area contributed by atoms with E-state index in [4.69, 9.17) is 0 Å². The van der Waals surface area contributed by atoms with E-state index >= 15 is 0 Å². The van der Waals surface area contributed by atoms with Gasteiger partial charge >= 0.3 is 0 Å². The van der Waals surface area contributed by atoms with Crippen molar-refractivity contribution < 1.29 is 0 Å². The number of nitrogens with zero attached hydrogens (tertiary/aromatic N) is 3. The van der Waals surface area contributed by atoms with Gasteiger partial charge in [-0.1, -0.05) is 6.92 Å². The SMILES string of the molecule is CCN1CCC(CNCc2cn(C)nc2C)C1. The van der Waals surface area contributed by atoms with Gasteiger partial charge in [-0.05, 0) is 38.9 Å². The number of rotatable bonds is 5. The van der Waals surface area contributed by atoms with Gasteiger partial charge in [0.2, 0.25) is 0 Å². The molecule has 1 aromatic rings. The van der Waals surface area contributed by atoms with Crippen LogP contribution in [0.25, 0.3) is 0 Å². The van der Waals surface area contributed by atoms with Gasteiger partial charge < -0.3 is 10.2 Å². The molecule has 4 heteroatoms. The van der Waals surface area contributed by atoms with E-state index < -0.39 is 0 Å². The third-order valence-corrected chi connectivity index (χ3v) is 3.68. The zero-order valence-corrected chi connectivity index (χ0v) is 11.2. The fraction of sp³-hybridized carbons (Fsp3) is 0.769. The molecule has 2 rings (SSSR count). The smallest absolute Gasteiger partial charge is 0.0638 e. The number of hydrogen-bond donors (Lipinski definition) is 1. The third kappa shape index (κ3) is 3.30. The summed E-state index contributed by atoms with van der Waals surface area (Å²) in [6.45, 7) is 10.1. The normalized spacial score (nSPS) is 21.2. The summed E-state index contributed by atoms with van der Waals surface area (Å²) in [6.07, 6.45) is 3.45. The Bertz CT molecular complexity index is 358. The fourth-order valence-electron chi connectivity index (χ4n) is 2.60. The van der Waals surface area contributed by atoms with Crippen LogP contribution in [0.1, 0.15) is 24.6 Å². The lowest BCUT2D eigenvalue weighted by molar-refractivity contribution is 0.339. The van der Waals surface area contributed by atoms with Gasteiger partial charge in [0.1, 0.15) is 0 Å². The van der Waals surface area contributed by atoms with Crippen LogP contribution in [0.3, 0.4) is 0 Å². The molecule has 17 heavy (non-hydrogen) atoms. The minimum Gasteiger partial charge on any atom is -0.312 e. The monoisotopic (exact) mass is 236 g/mol. The Balaban J connectivity index is 1.71. The van der Waals surface area contributed by atoms with Crippen molar-refractivity contribution in [3.63, 3.8) is 0 Å². The first kappa shape index (κ1) is 12.6. The first-order valence-corrected chi connectivity index (χ1v) is 6.61. The van der Waals surface area contributed by atoms with Crippen LogP contribution < -0.4 is 5.32 Å². The zero-order chi connectivity index (χ0) is 12.3. The summed E-state index contributed by atoms with van der Waals surface area (Å²) in [5.41, 5.74) is 2.46. The molecule has 0 radical (unpaired) electrons. The van der Waals surface area contributed by atoms with Crippen LogP contribution in [0.5, 0.6) is 0 Å². The molecular formula is C13H24N4. The number of hydrogen-bond acceptors (Lipinski definition) is 3. The molecule has 1 N–H and O–H groups in total. The maximum absolute atomic E-state index is 4.36. The average Bonchev–Trinajstić information content (AvgIpc) is 2.86. The molecule has 1 fully saturated rings. The molecule has 1 aliphatic heterocycles. The van der Waals surface area contributed by atoms with Gasteiger partial charge in [0.05, 0.1) is 5.69 Å². The van der Waals surface area contributed by atoms with Crippen molar-refractivity contribution in [2.24, 2.45) is 13.0 Å². The Kier molecular flexibility index (Phi) is 4.18. The zero-order valence-electron chi connectivity index (χ0n) is 11.2. The highest BCUT2D eigenvalue weighted by molar-refractivity contribution is 5.14. The molecular weight excluding hydrogens is 212 g/mol. The van der Waals surface area contributed by atoms with Gasteiger partial charge in [-0.3, -0.25) is 4.68 Å². The second-order valence-corrected chi connectivity index (χ2v) is 5.09. The average molecular weight is 236 g/mol. The summed E-state index contributed by atoms with van der Waals surface area (Å²) in [7, 11) is 1.98. The predicted octanol–water partition coefficient (Wildman–Crippen LogP) is 1.16. The third-order valence-electron chi connectivity index (χ3n) is 3.68. The maximum Gasteiger partial charge on any atom is 0.0638 e. The second-order valence-electron chi connectivity index (χ2n) is 5.09. The maximum atomic E-state index is 4.36. The van der Waals surface area contributed by atoms with Crippen molar-refractivity contribution in [3.8, 4) is 0 Å². The predicted molar refractivity (Wildman–Crippen MR) is 69.9 cm³/mol. The van der Waals surface area contributed by atoms with E-state index in [0.29, 0.717) is 0 Å². The summed E-state index contributed by atoms with van der Waals surface area (Å²) >= 11 is 0. The van der Waals surface area contributed by atoms with Crippen LogP contribution >= 0.6 is 0 Å². The lowest BCUT2D eigenvalue weighted by atomic mass is 10.1. The summed E-state index contributed by atoms with van der Waals surface area (Å²) in [5.74, 6) is 0.826. The second kappa shape index (κ2) is 5.65. The number of nitrogens with one attached hydrogen (secondary N) is 1. The Morgan fingerprint density at radius 1 is 1.53 bits per heavy atom. The molecule has 1 saturated heterocycles. The molecule has 1 aliphatic rings. The molecule has 1 unspecified atom stereocenters. The van der Waals surface area contributed by atoms with E-state index in [2.05, 4.69) is 35.4 Å². The first-order valence-electron chi connectivity index (χ1n) is 6.61. The van der Waals surface area contributed by atoms with Crippen LogP contribution in [-0.4, -0.2) is 40.9 Å². The van der Waals surface area contributed by atoms with Crippen molar-refractivity contribution in [2.45, 2.75) is 26.8 Å². The van der Waals surface area contributed by atoms with Crippen LogP contribution in [0.15, 0.2) is 6.20 Å². The van der Waals surface area contributed by atoms with Gasteiger partial charge in [0.15, 0.2) is 0 Å². The molecule has 0 aromatic carbocycles. The molecule has 4 nitrogen and oxygen atoms in total. The molecule has 0 bridgehead atoms. The van der Waals surface area contributed by atoms with E-state index in [0.717, 1.165) is 24.7 Å². The van der Waals surface area contributed by atoms with E-state index in [1.54, 1.807) is 0 Å². The molecule has 0 amide bonds. The van der Waals surface area contributed by atoms with Crippen LogP contribution in [-0.2, 0) is 13.6 Å². The first-order chi connectivity index (χ1) is 8.19. The number of aromatic nitrogens is 2. The van der Waals surface area contributed by atoms with Crippen LogP contribution in [0.4, 0.5) is 0 Å². The van der Waals surface area contributed by atoms with Gasteiger partial charge in [-0.15, -0.1) is 0 Å². The fourth-order valence-corrected chi connectivity index (χ4v) is 2.60. The number of likely N-dealkylation sites (tertiary alicyclic amines) is 1. The molecule has 1 atom stereocenters. The van der Waals surface area contributed by atoms with Gasteiger partial charge in [0.25, 0.3) is 0 Å². The molecule has 1 aromatic heterocycles. The van der Waals surface area contributed by atoms with E-state index in [9.17, 15) is 0 Å². The Hall–Kier alpha value is -0.870. The Morgan fingerprint density at radius 3 is 2.94 bits per heavy atom. The minimum absolute atomic E-state index is 0.826. The van der Waals surface area contributed by atoms with E-state index in [1.165, 1.54) is 31.6 Å². The summed E-state index contributed by atoms with van der Waals surface area (Å²) in [6, 6.07) is 0. The molecule has 0 aliphatic carbocycles. The highest BCUT2D eigenvalue weighted by Gasteiger charge is 2.20. The van der Waals surface area contributed by atoms with Crippen molar-refractivity contribution in [1.29, 1.82) is 0 Å². The van der Waals surface area contributed by atoms with Gasteiger partial charge in [-0.25, -0.2) is 0 Å². The highest BCUT2D eigenvalue weighted by Crippen LogP contribution is 2.14. The lowest BCUT2D eigenvalue weighted by Crippen LogP contribution is -2.26. The van der Waals surface area contributed by atoms with Crippen molar-refractivity contribution >= 4 is 0 Å². The van der Waals surface area contributed by atoms with E-state index in [1.807, 2.05) is 11.7 Å². The van der Waals surface area contributed by atoms with Crippen molar-refractivity contribution in [3.05, 3.63) is 17.5 Å². The topological polar surface area (TPSA) is 33.1 Å². The van der Waals surface area contributed by atoms with Crippen molar-refractivity contribution in [2.75, 3.05) is 26.2 Å². The molecule has 0 saturated carbocycles. The van der Waals surface area contributed by atoms with Gasteiger partial charge in [-0.2, -0.15) is 5.10 Å². The summed E-state index contributed by atoms with van der Waals surface area (Å²) < 4.78 is 1.89. The summed E-state index contributed by atoms with van der Waals surface area (Å²) in [4.78, 5) is 2.53. The van der Waals surface area contributed by atoms with Crippen LogP contribution in [0, 0.1) is 12.8 Å². The Morgan fingerprint density at radius 2 is 2.35 bits per heavy atom. The van der Waals surface area contributed by atoms with Crippen molar-refractivity contribution in [1.82, 2.24) is 20.0 Å². The minimum atomic E-state index is 0.826. The molecule has 0 spiro atoms. The summed E-state index contributed by atoms with van der Waals surface area (Å²) in [5, 5.41) is 7.92. The van der Waals surface area contributed by atoms with Gasteiger partial charge in [0, 0.05) is 31.9 Å². The largest absolute Gasteiger partial charge is 0.312 e. The van der Waals surface area contributed by atoms with E-state index in [-0.39, 0.29) is 0 Å². The quantitative estimate of drug-likeness (QED) is 0.833. The molecule has 2 heterocycles. The standard InChI is InChI=1S/C13H24N4/c1-4-17-6-5-12(9-17)7-14-8-13-10-16(3)15-11(13)2/h10,12,14H,4-9H2,1-3H3. The highest BCUT2D eigenvalue weighted by atomic mass is 15.3. The lowest BCUT2D eigenvalue weighted by Gasteiger charge is -2.13. The molecule has 96 valence electrons. The number of aryl methyl sites for hydroxylation is 2.